The number of amides is 1. The third kappa shape index (κ3) is 5.68. The number of carbonyl (C=O) groups is 1. The molecule has 0 aliphatic rings. The van der Waals surface area contributed by atoms with E-state index < -0.39 is 9.84 Å². The fourth-order valence-corrected chi connectivity index (χ4v) is 3.93. The highest BCUT2D eigenvalue weighted by atomic mass is 32.2. The van der Waals surface area contributed by atoms with E-state index in [1.54, 1.807) is 23.5 Å². The summed E-state index contributed by atoms with van der Waals surface area (Å²) in [6.45, 7) is 0.376. The molecule has 7 heteroatoms. The molecule has 1 heterocycles. The van der Waals surface area contributed by atoms with Gasteiger partial charge in [0.25, 0.3) is 0 Å². The quantitative estimate of drug-likeness (QED) is 0.545. The van der Waals surface area contributed by atoms with Crippen LogP contribution in [0.25, 0.3) is 11.1 Å². The lowest BCUT2D eigenvalue weighted by molar-refractivity contribution is -0.116. The zero-order valence-corrected chi connectivity index (χ0v) is 17.1. The third-order valence-electron chi connectivity index (χ3n) is 4.07. The zero-order chi connectivity index (χ0) is 20.0. The van der Waals surface area contributed by atoms with E-state index in [1.165, 1.54) is 12.1 Å². The Hall–Kier alpha value is -2.64. The summed E-state index contributed by atoms with van der Waals surface area (Å²) in [6.07, 6.45) is 2.06. The van der Waals surface area contributed by atoms with Crippen LogP contribution >= 0.6 is 11.3 Å². The molecule has 1 N–H and O–H groups in total. The molecule has 0 aliphatic carbocycles. The highest BCUT2D eigenvalue weighted by molar-refractivity contribution is 7.90. The van der Waals surface area contributed by atoms with Crippen LogP contribution in [-0.4, -0.2) is 27.2 Å². The van der Waals surface area contributed by atoms with Gasteiger partial charge in [-0.3, -0.25) is 4.79 Å². The van der Waals surface area contributed by atoms with Crippen molar-refractivity contribution in [2.75, 3.05) is 18.2 Å². The summed E-state index contributed by atoms with van der Waals surface area (Å²) in [6, 6.07) is 16.1. The maximum Gasteiger partial charge on any atom is 0.224 e. The molecule has 0 unspecified atom stereocenters. The molecule has 3 rings (SSSR count). The van der Waals surface area contributed by atoms with Crippen LogP contribution in [0.3, 0.4) is 0 Å². The van der Waals surface area contributed by atoms with Crippen molar-refractivity contribution in [3.8, 4) is 16.9 Å². The number of hydrogen-bond acceptors (Lipinski definition) is 5. The summed E-state index contributed by atoms with van der Waals surface area (Å²) in [5, 5.41) is 7.00. The van der Waals surface area contributed by atoms with Crippen molar-refractivity contribution in [3.63, 3.8) is 0 Å². The lowest BCUT2D eigenvalue weighted by atomic mass is 10.1. The van der Waals surface area contributed by atoms with E-state index >= 15 is 0 Å². The van der Waals surface area contributed by atoms with Crippen molar-refractivity contribution in [2.45, 2.75) is 17.7 Å². The average Bonchev–Trinajstić information content (AvgIpc) is 3.20. The van der Waals surface area contributed by atoms with Crippen molar-refractivity contribution >= 4 is 32.8 Å². The monoisotopic (exact) mass is 415 g/mol. The highest BCUT2D eigenvalue weighted by Crippen LogP contribution is 2.24. The minimum Gasteiger partial charge on any atom is -0.494 e. The molecule has 5 nitrogen and oxygen atoms in total. The van der Waals surface area contributed by atoms with Crippen molar-refractivity contribution < 1.29 is 17.9 Å². The Kier molecular flexibility index (Phi) is 6.49. The predicted molar refractivity (Wildman–Crippen MR) is 113 cm³/mol. The third-order valence-corrected chi connectivity index (χ3v) is 5.88. The predicted octanol–water partition coefficient (Wildman–Crippen LogP) is 4.62. The first-order valence-corrected chi connectivity index (χ1v) is 11.6. The Labute approximate surface area is 168 Å². The van der Waals surface area contributed by atoms with E-state index in [4.69, 9.17) is 4.74 Å². The lowest BCUT2D eigenvalue weighted by Gasteiger charge is -2.08. The van der Waals surface area contributed by atoms with Gasteiger partial charge in [-0.15, -0.1) is 0 Å². The summed E-state index contributed by atoms with van der Waals surface area (Å²) in [5.74, 6) is 0.509. The van der Waals surface area contributed by atoms with Crippen LogP contribution in [-0.2, 0) is 14.6 Å². The van der Waals surface area contributed by atoms with E-state index in [-0.39, 0.29) is 10.8 Å². The topological polar surface area (TPSA) is 72.5 Å². The fraction of sp³-hybridized carbons (Fsp3) is 0.190. The molecular formula is C21H21NO4S2. The molecule has 1 amide bonds. The van der Waals surface area contributed by atoms with Crippen LogP contribution < -0.4 is 10.1 Å². The highest BCUT2D eigenvalue weighted by Gasteiger charge is 2.07. The first kappa shape index (κ1) is 20.1. The van der Waals surface area contributed by atoms with Crippen LogP contribution in [0.4, 0.5) is 5.69 Å². The second-order valence-electron chi connectivity index (χ2n) is 6.34. The number of nitrogens with one attached hydrogen (secondary N) is 1. The number of ether oxygens (including phenoxy) is 1. The summed E-state index contributed by atoms with van der Waals surface area (Å²) in [4.78, 5) is 12.4. The Morgan fingerprint density at radius 3 is 2.54 bits per heavy atom. The van der Waals surface area contributed by atoms with E-state index in [1.807, 2.05) is 35.7 Å². The number of anilines is 1. The smallest absolute Gasteiger partial charge is 0.224 e. The lowest BCUT2D eigenvalue weighted by Crippen LogP contribution is -2.12. The summed E-state index contributed by atoms with van der Waals surface area (Å²) in [5.41, 5.74) is 2.97. The van der Waals surface area contributed by atoms with Gasteiger partial charge in [-0.25, -0.2) is 8.42 Å². The second kappa shape index (κ2) is 9.03. The Bertz CT molecular complexity index is 1030. The summed E-state index contributed by atoms with van der Waals surface area (Å²) >= 11 is 1.64. The molecule has 3 aromatic rings. The Balaban J connectivity index is 1.44. The molecule has 0 saturated heterocycles. The van der Waals surface area contributed by atoms with Gasteiger partial charge in [0.1, 0.15) is 5.75 Å². The molecule has 0 radical (unpaired) electrons. The van der Waals surface area contributed by atoms with E-state index in [0.717, 1.165) is 23.1 Å². The van der Waals surface area contributed by atoms with E-state index in [0.29, 0.717) is 25.2 Å². The molecule has 146 valence electrons. The first-order valence-electron chi connectivity index (χ1n) is 8.77. The molecular weight excluding hydrogens is 394 g/mol. The van der Waals surface area contributed by atoms with Gasteiger partial charge in [-0.05, 0) is 70.8 Å². The first-order chi connectivity index (χ1) is 13.4. The Morgan fingerprint density at radius 2 is 1.86 bits per heavy atom. The SMILES string of the molecule is CS(=O)(=O)c1ccc(OCCCC(=O)Nc2cccc(-c3ccsc3)c2)cc1. The molecule has 28 heavy (non-hydrogen) atoms. The molecule has 0 bridgehead atoms. The van der Waals surface area contributed by atoms with Crippen LogP contribution in [0.15, 0.2) is 70.3 Å². The molecule has 0 aliphatic heterocycles. The maximum absolute atomic E-state index is 12.1. The number of hydrogen-bond donors (Lipinski definition) is 1. The van der Waals surface area contributed by atoms with Crippen molar-refractivity contribution in [1.29, 1.82) is 0 Å². The van der Waals surface area contributed by atoms with E-state index in [9.17, 15) is 13.2 Å². The van der Waals surface area contributed by atoms with Gasteiger partial charge in [0.05, 0.1) is 11.5 Å². The standard InChI is InChI=1S/C21H21NO4S2/c1-28(24,25)20-9-7-19(8-10-20)26-12-3-6-21(23)22-18-5-2-4-16(14-18)17-11-13-27-15-17/h2,4-5,7-11,13-15H,3,6,12H2,1H3,(H,22,23). The zero-order valence-electron chi connectivity index (χ0n) is 15.4. The van der Waals surface area contributed by atoms with Crippen LogP contribution in [0.5, 0.6) is 5.75 Å². The number of sulfone groups is 1. The van der Waals surface area contributed by atoms with Crippen molar-refractivity contribution in [1.82, 2.24) is 0 Å². The molecule has 0 spiro atoms. The Morgan fingerprint density at radius 1 is 1.07 bits per heavy atom. The van der Waals surface area contributed by atoms with Crippen LogP contribution in [0, 0.1) is 0 Å². The fourth-order valence-electron chi connectivity index (χ4n) is 2.63. The number of rotatable bonds is 8. The van der Waals surface area contributed by atoms with Gasteiger partial charge in [0.2, 0.25) is 5.91 Å². The van der Waals surface area contributed by atoms with Crippen LogP contribution in [0.1, 0.15) is 12.8 Å². The minimum atomic E-state index is -3.21. The van der Waals surface area contributed by atoms with Gasteiger partial charge >= 0.3 is 0 Å². The number of benzene rings is 2. The number of carbonyl (C=O) groups excluding carboxylic acids is 1. The molecule has 1 aromatic heterocycles. The van der Waals surface area contributed by atoms with Crippen molar-refractivity contribution in [2.24, 2.45) is 0 Å². The maximum atomic E-state index is 12.1. The largest absolute Gasteiger partial charge is 0.494 e. The summed E-state index contributed by atoms with van der Waals surface area (Å²) in [7, 11) is -3.21. The van der Waals surface area contributed by atoms with Gasteiger partial charge in [-0.1, -0.05) is 12.1 Å². The molecule has 0 saturated carbocycles. The molecule has 0 fully saturated rings. The average molecular weight is 416 g/mol. The number of thiophene rings is 1. The molecule has 0 atom stereocenters. The van der Waals surface area contributed by atoms with Gasteiger partial charge in [0.15, 0.2) is 9.84 Å². The van der Waals surface area contributed by atoms with Gasteiger partial charge in [-0.2, -0.15) is 11.3 Å². The normalized spacial score (nSPS) is 11.2. The van der Waals surface area contributed by atoms with E-state index in [2.05, 4.69) is 10.7 Å². The van der Waals surface area contributed by atoms with Gasteiger partial charge in [0, 0.05) is 18.4 Å². The summed E-state index contributed by atoms with van der Waals surface area (Å²) < 4.78 is 28.4. The minimum absolute atomic E-state index is 0.0708. The molecule has 2 aromatic carbocycles. The van der Waals surface area contributed by atoms with Gasteiger partial charge < -0.3 is 10.1 Å². The van der Waals surface area contributed by atoms with Crippen LogP contribution in [0.2, 0.25) is 0 Å². The second-order valence-corrected chi connectivity index (χ2v) is 9.13. The van der Waals surface area contributed by atoms with Crippen molar-refractivity contribution in [3.05, 3.63) is 65.4 Å².